The Morgan fingerprint density at radius 2 is 2.00 bits per heavy atom. The number of nitrogens with zero attached hydrogens (tertiary/aromatic N) is 6. The topological polar surface area (TPSA) is 61.6 Å². The number of hydrogen-bond acceptors (Lipinski definition) is 4. The minimum Gasteiger partial charge on any atom is -0.356 e. The lowest BCUT2D eigenvalue weighted by Gasteiger charge is -2.24. The van der Waals surface area contributed by atoms with E-state index in [1.165, 1.54) is 25.8 Å². The van der Waals surface area contributed by atoms with Crippen molar-refractivity contribution < 1.29 is 0 Å². The molecular weight excluding hydrogens is 453 g/mol. The van der Waals surface area contributed by atoms with E-state index in [1.807, 2.05) is 18.5 Å². The second kappa shape index (κ2) is 12.5. The largest absolute Gasteiger partial charge is 0.356 e. The molecule has 0 radical (unpaired) electrons. The molecule has 1 aliphatic rings. The summed E-state index contributed by atoms with van der Waals surface area (Å²) in [6, 6.07) is 0. The second-order valence-corrected chi connectivity index (χ2v) is 7.23. The first-order valence-corrected chi connectivity index (χ1v) is 10.2. The van der Waals surface area contributed by atoms with Gasteiger partial charge in [0.25, 0.3) is 0 Å². The molecule has 1 unspecified atom stereocenters. The average Bonchev–Trinajstić information content (AvgIpc) is 3.24. The molecule has 1 aromatic rings. The summed E-state index contributed by atoms with van der Waals surface area (Å²) in [6.07, 6.45) is 3.60. The number of nitrogens with one attached hydrogen (secondary N) is 1. The first-order chi connectivity index (χ1) is 12.6. The zero-order chi connectivity index (χ0) is 18.9. The van der Waals surface area contributed by atoms with Gasteiger partial charge in [0.1, 0.15) is 12.4 Å². The molecule has 0 aliphatic carbocycles. The Kier molecular flexibility index (Phi) is 11.2. The van der Waals surface area contributed by atoms with Gasteiger partial charge in [-0.3, -0.25) is 0 Å². The molecule has 0 saturated carbocycles. The van der Waals surface area contributed by atoms with Crippen LogP contribution < -0.4 is 5.32 Å². The van der Waals surface area contributed by atoms with Crippen LogP contribution in [0.1, 0.15) is 51.7 Å². The highest BCUT2D eigenvalue weighted by atomic mass is 127. The number of aliphatic imine (C=N–C) groups is 1. The number of rotatable bonds is 9. The van der Waals surface area contributed by atoms with E-state index < -0.39 is 0 Å². The molecule has 1 aliphatic heterocycles. The van der Waals surface area contributed by atoms with Gasteiger partial charge in [-0.1, -0.05) is 27.2 Å². The molecule has 2 rings (SSSR count). The van der Waals surface area contributed by atoms with Crippen LogP contribution in [0.5, 0.6) is 0 Å². The maximum Gasteiger partial charge on any atom is 0.194 e. The molecule has 156 valence electrons. The van der Waals surface area contributed by atoms with Crippen molar-refractivity contribution in [2.24, 2.45) is 18.0 Å². The van der Waals surface area contributed by atoms with Gasteiger partial charge in [-0.2, -0.15) is 0 Å². The molecule has 0 spiro atoms. The van der Waals surface area contributed by atoms with Gasteiger partial charge in [0.05, 0.1) is 0 Å². The number of guanidine groups is 1. The third-order valence-electron chi connectivity index (χ3n) is 5.36. The number of aromatic nitrogens is 3. The zero-order valence-corrected chi connectivity index (χ0v) is 20.1. The molecule has 2 heterocycles. The maximum absolute atomic E-state index is 4.87. The Morgan fingerprint density at radius 1 is 1.26 bits per heavy atom. The van der Waals surface area contributed by atoms with E-state index in [1.54, 1.807) is 0 Å². The Morgan fingerprint density at radius 3 is 2.59 bits per heavy atom. The van der Waals surface area contributed by atoms with Gasteiger partial charge < -0.3 is 19.7 Å². The first-order valence-electron chi connectivity index (χ1n) is 10.2. The summed E-state index contributed by atoms with van der Waals surface area (Å²) in [5.74, 6) is 3.60. The van der Waals surface area contributed by atoms with Crippen LogP contribution in [0.4, 0.5) is 0 Å². The number of unbranched alkanes of at least 4 members (excludes halogenated alkanes) is 1. The van der Waals surface area contributed by atoms with Gasteiger partial charge in [-0.15, -0.1) is 34.2 Å². The molecule has 0 amide bonds. The lowest BCUT2D eigenvalue weighted by Crippen LogP contribution is -2.41. The Hall–Kier alpha value is -0.900. The molecule has 1 aromatic heterocycles. The van der Waals surface area contributed by atoms with Gasteiger partial charge in [0.15, 0.2) is 11.8 Å². The molecule has 7 nitrogen and oxygen atoms in total. The van der Waals surface area contributed by atoms with E-state index >= 15 is 0 Å². The molecule has 1 saturated heterocycles. The van der Waals surface area contributed by atoms with Crippen LogP contribution in [0.3, 0.4) is 0 Å². The Balaban J connectivity index is 0.00000364. The molecule has 8 heteroatoms. The summed E-state index contributed by atoms with van der Waals surface area (Å²) in [4.78, 5) is 9.82. The van der Waals surface area contributed by atoms with Gasteiger partial charge in [-0.25, -0.2) is 4.99 Å². The van der Waals surface area contributed by atoms with E-state index in [0.29, 0.717) is 6.54 Å². The number of hydrogen-bond donors (Lipinski definition) is 1. The van der Waals surface area contributed by atoms with Gasteiger partial charge >= 0.3 is 0 Å². The molecule has 27 heavy (non-hydrogen) atoms. The zero-order valence-electron chi connectivity index (χ0n) is 17.7. The standard InChI is InChI=1S/C19H37N7.HI/c1-6-9-11-20-19(21-13-18-23-22-16(4)24(18)5)26-12-10-17(15-26)14-25(7-2)8-3;/h17H,6-15H2,1-5H3,(H,20,21);1H. The second-order valence-electron chi connectivity index (χ2n) is 7.23. The van der Waals surface area contributed by atoms with Gasteiger partial charge in [0.2, 0.25) is 0 Å². The maximum atomic E-state index is 4.87. The predicted molar refractivity (Wildman–Crippen MR) is 123 cm³/mol. The van der Waals surface area contributed by atoms with E-state index in [0.717, 1.165) is 56.3 Å². The average molecular weight is 491 g/mol. The van der Waals surface area contributed by atoms with Crippen LogP contribution in [0, 0.1) is 12.8 Å². The summed E-state index contributed by atoms with van der Waals surface area (Å²) in [6.45, 7) is 15.9. The minimum absolute atomic E-state index is 0. The minimum atomic E-state index is 0. The third-order valence-corrected chi connectivity index (χ3v) is 5.36. The number of likely N-dealkylation sites (tertiary alicyclic amines) is 1. The summed E-state index contributed by atoms with van der Waals surface area (Å²) in [5.41, 5.74) is 0. The van der Waals surface area contributed by atoms with Crippen molar-refractivity contribution in [1.82, 2.24) is 29.9 Å². The van der Waals surface area contributed by atoms with E-state index in [2.05, 4.69) is 46.1 Å². The Bertz CT molecular complexity index is 568. The molecule has 1 fully saturated rings. The number of aryl methyl sites for hydroxylation is 1. The van der Waals surface area contributed by atoms with Crippen molar-refractivity contribution in [2.75, 3.05) is 39.3 Å². The van der Waals surface area contributed by atoms with E-state index in [4.69, 9.17) is 4.99 Å². The van der Waals surface area contributed by atoms with Crippen molar-refractivity contribution in [3.05, 3.63) is 11.6 Å². The van der Waals surface area contributed by atoms with Crippen LogP contribution in [0.2, 0.25) is 0 Å². The summed E-state index contributed by atoms with van der Waals surface area (Å²) < 4.78 is 2.01. The van der Waals surface area contributed by atoms with Crippen molar-refractivity contribution in [3.63, 3.8) is 0 Å². The summed E-state index contributed by atoms with van der Waals surface area (Å²) >= 11 is 0. The fourth-order valence-corrected chi connectivity index (χ4v) is 3.40. The highest BCUT2D eigenvalue weighted by molar-refractivity contribution is 14.0. The lowest BCUT2D eigenvalue weighted by molar-refractivity contribution is 0.255. The van der Waals surface area contributed by atoms with Crippen LogP contribution in [-0.2, 0) is 13.6 Å². The normalized spacial score (nSPS) is 17.5. The van der Waals surface area contributed by atoms with E-state index in [-0.39, 0.29) is 24.0 Å². The molecule has 1 atom stereocenters. The van der Waals surface area contributed by atoms with Crippen LogP contribution in [-0.4, -0.2) is 69.8 Å². The number of halogens is 1. The van der Waals surface area contributed by atoms with Crippen molar-refractivity contribution >= 4 is 29.9 Å². The fraction of sp³-hybridized carbons (Fsp3) is 0.842. The summed E-state index contributed by atoms with van der Waals surface area (Å²) in [7, 11) is 2.00. The van der Waals surface area contributed by atoms with Crippen LogP contribution in [0.15, 0.2) is 4.99 Å². The molecular formula is C19H38IN7. The summed E-state index contributed by atoms with van der Waals surface area (Å²) in [5, 5.41) is 11.9. The fourth-order valence-electron chi connectivity index (χ4n) is 3.40. The monoisotopic (exact) mass is 491 g/mol. The van der Waals surface area contributed by atoms with E-state index in [9.17, 15) is 0 Å². The molecule has 0 bridgehead atoms. The highest BCUT2D eigenvalue weighted by Gasteiger charge is 2.26. The quantitative estimate of drug-likeness (QED) is 0.249. The first kappa shape index (κ1) is 24.1. The smallest absolute Gasteiger partial charge is 0.194 e. The Labute approximate surface area is 182 Å². The lowest BCUT2D eigenvalue weighted by atomic mass is 10.1. The van der Waals surface area contributed by atoms with Crippen LogP contribution >= 0.6 is 24.0 Å². The highest BCUT2D eigenvalue weighted by Crippen LogP contribution is 2.18. The van der Waals surface area contributed by atoms with Gasteiger partial charge in [-0.05, 0) is 38.8 Å². The van der Waals surface area contributed by atoms with Crippen molar-refractivity contribution in [2.45, 2.75) is 53.5 Å². The molecule has 1 N–H and O–H groups in total. The van der Waals surface area contributed by atoms with Crippen molar-refractivity contribution in [3.8, 4) is 0 Å². The predicted octanol–water partition coefficient (Wildman–Crippen LogP) is 2.65. The third kappa shape index (κ3) is 7.21. The SMILES string of the molecule is CCCCNC(=NCc1nnc(C)n1C)N1CCC(CN(CC)CC)C1.I. The molecule has 0 aromatic carbocycles. The van der Waals surface area contributed by atoms with Crippen LogP contribution in [0.25, 0.3) is 0 Å². The van der Waals surface area contributed by atoms with Gasteiger partial charge in [0, 0.05) is 33.2 Å². The van der Waals surface area contributed by atoms with Crippen molar-refractivity contribution in [1.29, 1.82) is 0 Å².